The number of morpholine rings is 1. The highest BCUT2D eigenvalue weighted by molar-refractivity contribution is 9.09. The van der Waals surface area contributed by atoms with Crippen LogP contribution in [0.5, 0.6) is 0 Å². The van der Waals surface area contributed by atoms with Gasteiger partial charge in [0.15, 0.2) is 0 Å². The van der Waals surface area contributed by atoms with E-state index in [1.807, 2.05) is 23.1 Å². The third kappa shape index (κ3) is 2.84. The Bertz CT molecular complexity index is 451. The fourth-order valence-electron chi connectivity index (χ4n) is 2.78. The van der Waals surface area contributed by atoms with Gasteiger partial charge in [-0.1, -0.05) is 46.3 Å². The van der Waals surface area contributed by atoms with E-state index in [4.69, 9.17) is 4.74 Å². The molecule has 102 valence electrons. The molecule has 1 saturated carbocycles. The molecule has 1 saturated heterocycles. The van der Waals surface area contributed by atoms with Crippen LogP contribution < -0.4 is 0 Å². The Hall–Kier alpha value is -0.870. The third-order valence-electron chi connectivity index (χ3n) is 3.96. The molecule has 1 aliphatic heterocycles. The van der Waals surface area contributed by atoms with Crippen molar-refractivity contribution in [3.05, 3.63) is 35.9 Å². The zero-order chi connectivity index (χ0) is 13.2. The molecular weight excluding hydrogens is 306 g/mol. The van der Waals surface area contributed by atoms with E-state index in [0.29, 0.717) is 18.4 Å². The summed E-state index contributed by atoms with van der Waals surface area (Å²) < 4.78 is 5.58. The summed E-state index contributed by atoms with van der Waals surface area (Å²) >= 11 is 3.43. The van der Waals surface area contributed by atoms with E-state index in [1.165, 1.54) is 5.56 Å². The fourth-order valence-corrected chi connectivity index (χ4v) is 3.18. The lowest BCUT2D eigenvalue weighted by Gasteiger charge is -2.32. The van der Waals surface area contributed by atoms with Gasteiger partial charge in [0.1, 0.15) is 0 Å². The van der Waals surface area contributed by atoms with Gasteiger partial charge in [-0.15, -0.1) is 0 Å². The zero-order valence-corrected chi connectivity index (χ0v) is 12.4. The van der Waals surface area contributed by atoms with Crippen LogP contribution in [0.25, 0.3) is 0 Å². The van der Waals surface area contributed by atoms with Gasteiger partial charge in [-0.2, -0.15) is 0 Å². The van der Waals surface area contributed by atoms with E-state index in [1.54, 1.807) is 0 Å². The second kappa shape index (κ2) is 5.63. The molecule has 19 heavy (non-hydrogen) atoms. The maximum atomic E-state index is 12.5. The second-order valence-corrected chi connectivity index (χ2v) is 5.94. The predicted molar refractivity (Wildman–Crippen MR) is 77.4 cm³/mol. The quantitative estimate of drug-likeness (QED) is 0.799. The molecule has 3 unspecified atom stereocenters. The van der Waals surface area contributed by atoms with Crippen molar-refractivity contribution in [2.24, 2.45) is 5.92 Å². The Morgan fingerprint density at radius 2 is 2.16 bits per heavy atom. The van der Waals surface area contributed by atoms with Gasteiger partial charge in [0.2, 0.25) is 5.91 Å². The minimum Gasteiger partial charge on any atom is -0.374 e. The summed E-state index contributed by atoms with van der Waals surface area (Å²) in [6, 6.07) is 10.4. The first-order valence-electron chi connectivity index (χ1n) is 6.81. The Morgan fingerprint density at radius 3 is 2.89 bits per heavy atom. The van der Waals surface area contributed by atoms with Crippen LogP contribution in [-0.2, 0) is 9.53 Å². The molecule has 0 radical (unpaired) electrons. The third-order valence-corrected chi connectivity index (χ3v) is 4.68. The molecule has 1 aromatic carbocycles. The van der Waals surface area contributed by atoms with Gasteiger partial charge in [0.25, 0.3) is 0 Å². The van der Waals surface area contributed by atoms with E-state index in [2.05, 4.69) is 28.1 Å². The van der Waals surface area contributed by atoms with Gasteiger partial charge >= 0.3 is 0 Å². The van der Waals surface area contributed by atoms with Crippen LogP contribution in [0.1, 0.15) is 17.9 Å². The first-order chi connectivity index (χ1) is 9.29. The normalized spacial score (nSPS) is 30.2. The van der Waals surface area contributed by atoms with Crippen molar-refractivity contribution >= 4 is 21.8 Å². The van der Waals surface area contributed by atoms with Crippen LogP contribution >= 0.6 is 15.9 Å². The van der Waals surface area contributed by atoms with Gasteiger partial charge in [0.05, 0.1) is 12.7 Å². The van der Waals surface area contributed by atoms with Crippen molar-refractivity contribution in [2.75, 3.05) is 25.0 Å². The van der Waals surface area contributed by atoms with Crippen molar-refractivity contribution in [3.63, 3.8) is 0 Å². The summed E-state index contributed by atoms with van der Waals surface area (Å²) in [7, 11) is 0. The van der Waals surface area contributed by atoms with Gasteiger partial charge in [-0.05, 0) is 17.9 Å². The molecule has 0 N–H and O–H groups in total. The number of carbonyl (C=O) groups is 1. The molecule has 2 aliphatic rings. The lowest BCUT2D eigenvalue weighted by Crippen LogP contribution is -2.47. The van der Waals surface area contributed by atoms with E-state index in [-0.39, 0.29) is 12.0 Å². The Morgan fingerprint density at radius 1 is 1.37 bits per heavy atom. The lowest BCUT2D eigenvalue weighted by molar-refractivity contribution is -0.139. The highest BCUT2D eigenvalue weighted by atomic mass is 79.9. The number of halogens is 1. The number of hydrogen-bond donors (Lipinski definition) is 0. The Labute approximate surface area is 122 Å². The van der Waals surface area contributed by atoms with Gasteiger partial charge in [-0.25, -0.2) is 0 Å². The first-order valence-corrected chi connectivity index (χ1v) is 7.93. The number of nitrogens with zero attached hydrogens (tertiary/aromatic N) is 1. The Balaban J connectivity index is 1.60. The average Bonchev–Trinajstić information content (AvgIpc) is 3.28. The minimum atomic E-state index is 0.145. The van der Waals surface area contributed by atoms with E-state index in [0.717, 1.165) is 24.8 Å². The SMILES string of the molecule is O=C(C1CC1c1ccccc1)N1CCOC(CBr)C1. The summed E-state index contributed by atoms with van der Waals surface area (Å²) in [6.07, 6.45) is 1.14. The van der Waals surface area contributed by atoms with Crippen LogP contribution in [-0.4, -0.2) is 41.9 Å². The summed E-state index contributed by atoms with van der Waals surface area (Å²) in [5, 5.41) is 0.795. The maximum absolute atomic E-state index is 12.5. The molecule has 3 atom stereocenters. The standard InChI is InChI=1S/C15H18BrNO2/c16-9-12-10-17(6-7-19-12)15(18)14-8-13(14)11-4-2-1-3-5-11/h1-5,12-14H,6-10H2. The molecule has 3 rings (SSSR count). The molecule has 2 fully saturated rings. The number of amides is 1. The van der Waals surface area contributed by atoms with Crippen LogP contribution in [0.3, 0.4) is 0 Å². The summed E-state index contributed by atoms with van der Waals surface area (Å²) in [6.45, 7) is 2.12. The molecule has 1 amide bonds. The highest BCUT2D eigenvalue weighted by Gasteiger charge is 2.46. The number of alkyl halides is 1. The van der Waals surface area contributed by atoms with Crippen molar-refractivity contribution in [3.8, 4) is 0 Å². The monoisotopic (exact) mass is 323 g/mol. The van der Waals surface area contributed by atoms with Crippen LogP contribution in [0, 0.1) is 5.92 Å². The summed E-state index contributed by atoms with van der Waals surface area (Å²) in [5.74, 6) is 0.929. The first kappa shape index (κ1) is 13.1. The molecule has 0 aromatic heterocycles. The van der Waals surface area contributed by atoms with E-state index in [9.17, 15) is 4.79 Å². The van der Waals surface area contributed by atoms with Crippen LogP contribution in [0.2, 0.25) is 0 Å². The number of carbonyl (C=O) groups excluding carboxylic acids is 1. The largest absolute Gasteiger partial charge is 0.374 e. The van der Waals surface area contributed by atoms with Crippen molar-refractivity contribution < 1.29 is 9.53 Å². The van der Waals surface area contributed by atoms with E-state index >= 15 is 0 Å². The predicted octanol–water partition coefficient (Wildman–Crippen LogP) is 2.41. The molecular formula is C15H18BrNO2. The van der Waals surface area contributed by atoms with Crippen molar-refractivity contribution in [1.82, 2.24) is 4.90 Å². The molecule has 1 heterocycles. The fraction of sp³-hybridized carbons (Fsp3) is 0.533. The molecule has 0 bridgehead atoms. The van der Waals surface area contributed by atoms with Crippen molar-refractivity contribution in [1.29, 1.82) is 0 Å². The summed E-state index contributed by atoms with van der Waals surface area (Å²) in [4.78, 5) is 14.4. The molecule has 1 aliphatic carbocycles. The van der Waals surface area contributed by atoms with Crippen LogP contribution in [0.15, 0.2) is 30.3 Å². The lowest BCUT2D eigenvalue weighted by atomic mass is 10.1. The number of rotatable bonds is 3. The topological polar surface area (TPSA) is 29.5 Å². The maximum Gasteiger partial charge on any atom is 0.226 e. The second-order valence-electron chi connectivity index (χ2n) is 5.29. The molecule has 1 aromatic rings. The average molecular weight is 324 g/mol. The molecule has 4 heteroatoms. The number of hydrogen-bond acceptors (Lipinski definition) is 2. The summed E-state index contributed by atoms with van der Waals surface area (Å²) in [5.41, 5.74) is 1.30. The highest BCUT2D eigenvalue weighted by Crippen LogP contribution is 2.48. The van der Waals surface area contributed by atoms with Gasteiger partial charge < -0.3 is 9.64 Å². The zero-order valence-electron chi connectivity index (χ0n) is 10.8. The van der Waals surface area contributed by atoms with Crippen molar-refractivity contribution in [2.45, 2.75) is 18.4 Å². The Kier molecular flexibility index (Phi) is 3.89. The van der Waals surface area contributed by atoms with E-state index < -0.39 is 0 Å². The molecule has 3 nitrogen and oxygen atoms in total. The van der Waals surface area contributed by atoms with Gasteiger partial charge in [-0.3, -0.25) is 4.79 Å². The van der Waals surface area contributed by atoms with Crippen LogP contribution in [0.4, 0.5) is 0 Å². The number of ether oxygens (including phenoxy) is 1. The minimum absolute atomic E-state index is 0.145. The van der Waals surface area contributed by atoms with Gasteiger partial charge in [0, 0.05) is 24.3 Å². The smallest absolute Gasteiger partial charge is 0.226 e. The molecule has 0 spiro atoms. The number of benzene rings is 1.